The van der Waals surface area contributed by atoms with E-state index >= 15 is 0 Å². The molecule has 250 valence electrons. The van der Waals surface area contributed by atoms with Gasteiger partial charge in [0.1, 0.15) is 12.4 Å². The largest absolute Gasteiger partial charge is 0.496 e. The van der Waals surface area contributed by atoms with Crippen molar-refractivity contribution in [3.63, 3.8) is 0 Å². The highest BCUT2D eigenvalue weighted by Crippen LogP contribution is 2.41. The molecule has 0 bridgehead atoms. The number of carbonyl (C=O) groups is 1. The van der Waals surface area contributed by atoms with Crippen LogP contribution in [-0.2, 0) is 15.8 Å². The van der Waals surface area contributed by atoms with Crippen molar-refractivity contribution in [3.8, 4) is 10.9 Å². The van der Waals surface area contributed by atoms with Crippen LogP contribution in [0.5, 0.6) is 10.9 Å². The highest BCUT2D eigenvalue weighted by atomic mass is 32.1. The highest BCUT2D eigenvalue weighted by molar-refractivity contribution is 7.11. The molecular formula is C38H54N2O4SSi. The van der Waals surface area contributed by atoms with E-state index in [1.807, 2.05) is 5.38 Å². The molecule has 1 aromatic heterocycles. The number of ether oxygens (including phenoxy) is 2. The van der Waals surface area contributed by atoms with E-state index in [4.69, 9.17) is 13.9 Å². The number of rotatable bonds is 11. The van der Waals surface area contributed by atoms with Gasteiger partial charge >= 0.3 is 0 Å². The van der Waals surface area contributed by atoms with Crippen LogP contribution >= 0.6 is 11.3 Å². The summed E-state index contributed by atoms with van der Waals surface area (Å²) in [6.07, 6.45) is 10.3. The quantitative estimate of drug-likeness (QED) is 0.191. The lowest BCUT2D eigenvalue weighted by atomic mass is 9.78. The summed E-state index contributed by atoms with van der Waals surface area (Å²) in [4.78, 5) is 20.8. The fraction of sp³-hybridized carbons (Fsp3) is 0.579. The summed E-state index contributed by atoms with van der Waals surface area (Å²) in [5.74, 6) is 2.30. The minimum absolute atomic E-state index is 0.0353. The van der Waals surface area contributed by atoms with E-state index in [-0.39, 0.29) is 23.0 Å². The number of aromatic nitrogens is 1. The van der Waals surface area contributed by atoms with Crippen LogP contribution in [0.4, 0.5) is 5.69 Å². The Balaban J connectivity index is 1.27. The van der Waals surface area contributed by atoms with Crippen LogP contribution in [0.2, 0.25) is 18.1 Å². The van der Waals surface area contributed by atoms with Crippen molar-refractivity contribution < 1.29 is 18.7 Å². The molecular weight excluding hydrogens is 609 g/mol. The molecule has 0 unspecified atom stereocenters. The van der Waals surface area contributed by atoms with Gasteiger partial charge < -0.3 is 18.8 Å². The van der Waals surface area contributed by atoms with E-state index in [1.54, 1.807) is 13.3 Å². The number of thiazole rings is 1. The van der Waals surface area contributed by atoms with Crippen LogP contribution < -0.4 is 14.4 Å². The van der Waals surface area contributed by atoms with E-state index in [0.29, 0.717) is 23.6 Å². The highest BCUT2D eigenvalue weighted by Gasteiger charge is 2.41. The van der Waals surface area contributed by atoms with E-state index in [0.717, 1.165) is 74.9 Å². The monoisotopic (exact) mass is 662 g/mol. The normalized spacial score (nSPS) is 22.3. The summed E-state index contributed by atoms with van der Waals surface area (Å²) in [7, 11) is -0.101. The molecule has 0 radical (unpaired) electrons. The van der Waals surface area contributed by atoms with Gasteiger partial charge in [-0.1, -0.05) is 56.4 Å². The van der Waals surface area contributed by atoms with E-state index in [1.165, 1.54) is 22.5 Å². The third-order valence-electron chi connectivity index (χ3n) is 10.7. The van der Waals surface area contributed by atoms with Gasteiger partial charge in [-0.05, 0) is 123 Å². The molecule has 0 N–H and O–H groups in total. The van der Waals surface area contributed by atoms with Crippen molar-refractivity contribution >= 4 is 31.2 Å². The average Bonchev–Trinajstić information content (AvgIpc) is 3.56. The summed E-state index contributed by atoms with van der Waals surface area (Å²) < 4.78 is 18.2. The lowest BCUT2D eigenvalue weighted by Gasteiger charge is -2.41. The molecule has 2 aromatic carbocycles. The Hall–Kier alpha value is -2.68. The second kappa shape index (κ2) is 15.0. The summed E-state index contributed by atoms with van der Waals surface area (Å²) in [6, 6.07) is 15.0. The van der Waals surface area contributed by atoms with Gasteiger partial charge in [0, 0.05) is 35.8 Å². The number of hydrogen-bond donors (Lipinski definition) is 0. The van der Waals surface area contributed by atoms with Crippen LogP contribution in [0.15, 0.2) is 54.0 Å². The first kappa shape index (κ1) is 34.6. The lowest BCUT2D eigenvalue weighted by Crippen LogP contribution is -2.46. The number of amides is 1. The van der Waals surface area contributed by atoms with Crippen molar-refractivity contribution in [2.24, 2.45) is 11.8 Å². The molecule has 0 atom stereocenters. The molecule has 5 rings (SSSR count). The lowest BCUT2D eigenvalue weighted by molar-refractivity contribution is -0.124. The van der Waals surface area contributed by atoms with Gasteiger partial charge in [-0.25, -0.2) is 4.98 Å². The Morgan fingerprint density at radius 1 is 1.00 bits per heavy atom. The minimum atomic E-state index is -1.84. The first-order valence-corrected chi connectivity index (χ1v) is 21.0. The number of anilines is 1. The standard InChI is InChI=1S/C38H54N2O4SSi/c1-27-23-32(17-20-35(27)42-5)30-13-11-28(12-14-30)25-40(33-10-8-9-29(24-33)26-43-37-39-21-22-45-37)36(41)31-15-18-34(19-16-31)44-46(6,7)38(2,3)4/h8-10,17,20-24,28,30-31,34H,11-16,18-19,25-26H2,1-7H3/t28-,30-,31-,34-. The summed E-state index contributed by atoms with van der Waals surface area (Å²) in [5, 5.41) is 2.78. The van der Waals surface area contributed by atoms with Crippen molar-refractivity contribution in [2.75, 3.05) is 18.6 Å². The van der Waals surface area contributed by atoms with Gasteiger partial charge in [-0.15, -0.1) is 0 Å². The maximum atomic E-state index is 14.4. The molecule has 2 saturated carbocycles. The van der Waals surface area contributed by atoms with Crippen LogP contribution in [0.1, 0.15) is 94.7 Å². The van der Waals surface area contributed by atoms with Crippen molar-refractivity contribution in [3.05, 3.63) is 70.7 Å². The van der Waals surface area contributed by atoms with Crippen LogP contribution in [0.25, 0.3) is 0 Å². The third-order valence-corrected chi connectivity index (χ3v) is 15.9. The van der Waals surface area contributed by atoms with Crippen molar-refractivity contribution in [1.82, 2.24) is 4.98 Å². The fourth-order valence-electron chi connectivity index (χ4n) is 6.90. The van der Waals surface area contributed by atoms with Gasteiger partial charge in [0.05, 0.1) is 7.11 Å². The van der Waals surface area contributed by atoms with E-state index < -0.39 is 8.32 Å². The first-order valence-electron chi connectivity index (χ1n) is 17.2. The topological polar surface area (TPSA) is 60.9 Å². The van der Waals surface area contributed by atoms with Gasteiger partial charge in [-0.3, -0.25) is 4.79 Å². The van der Waals surface area contributed by atoms with Crippen LogP contribution in [0, 0.1) is 18.8 Å². The molecule has 0 spiro atoms. The molecule has 3 aromatic rings. The minimum Gasteiger partial charge on any atom is -0.496 e. The molecule has 6 nitrogen and oxygen atoms in total. The van der Waals surface area contributed by atoms with Gasteiger partial charge in [0.2, 0.25) is 5.91 Å². The maximum absolute atomic E-state index is 14.4. The van der Waals surface area contributed by atoms with Crippen molar-refractivity contribution in [1.29, 1.82) is 0 Å². The van der Waals surface area contributed by atoms with E-state index in [9.17, 15) is 4.79 Å². The molecule has 1 heterocycles. The Bertz CT molecular complexity index is 1420. The zero-order chi connectivity index (χ0) is 32.9. The Labute approximate surface area is 282 Å². The number of aryl methyl sites for hydroxylation is 1. The zero-order valence-corrected chi connectivity index (χ0v) is 30.8. The van der Waals surface area contributed by atoms with E-state index in [2.05, 4.69) is 93.1 Å². The number of hydrogen-bond acceptors (Lipinski definition) is 6. The number of methoxy groups -OCH3 is 1. The fourth-order valence-corrected chi connectivity index (χ4v) is 8.81. The van der Waals surface area contributed by atoms with Gasteiger partial charge in [0.15, 0.2) is 8.32 Å². The second-order valence-electron chi connectivity index (χ2n) is 15.0. The smallest absolute Gasteiger partial charge is 0.273 e. The summed E-state index contributed by atoms with van der Waals surface area (Å²) in [6.45, 7) is 14.9. The second-order valence-corrected chi connectivity index (χ2v) is 20.6. The Kier molecular flexibility index (Phi) is 11.3. The molecule has 8 heteroatoms. The average molecular weight is 663 g/mol. The summed E-state index contributed by atoms with van der Waals surface area (Å²) in [5.41, 5.74) is 4.64. The SMILES string of the molecule is COc1ccc([C@H]2CC[C@H](CN(c3cccc(COc4nccs4)c3)C(=O)[C@H]3CC[C@H](O[Si](C)(C)C(C)(C)C)CC3)CC2)cc1C. The van der Waals surface area contributed by atoms with Gasteiger partial charge in [-0.2, -0.15) is 0 Å². The molecule has 2 fully saturated rings. The third kappa shape index (κ3) is 8.61. The molecule has 0 saturated heterocycles. The summed E-state index contributed by atoms with van der Waals surface area (Å²) >= 11 is 1.49. The predicted octanol–water partition coefficient (Wildman–Crippen LogP) is 9.93. The number of carbonyl (C=O) groups excluding carboxylic acids is 1. The van der Waals surface area contributed by atoms with Gasteiger partial charge in [0.25, 0.3) is 5.19 Å². The maximum Gasteiger partial charge on any atom is 0.273 e. The number of benzene rings is 2. The predicted molar refractivity (Wildman–Crippen MR) is 192 cm³/mol. The molecule has 2 aliphatic carbocycles. The first-order chi connectivity index (χ1) is 21.9. The van der Waals surface area contributed by atoms with Crippen LogP contribution in [0.3, 0.4) is 0 Å². The molecule has 0 aliphatic heterocycles. The Morgan fingerprint density at radius 2 is 1.74 bits per heavy atom. The Morgan fingerprint density at radius 3 is 2.37 bits per heavy atom. The molecule has 1 amide bonds. The van der Waals surface area contributed by atoms with Crippen molar-refractivity contribution in [2.45, 2.75) is 116 Å². The number of nitrogens with zero attached hydrogens (tertiary/aromatic N) is 2. The molecule has 2 aliphatic rings. The molecule has 46 heavy (non-hydrogen) atoms. The van der Waals surface area contributed by atoms with Crippen LogP contribution in [-0.4, -0.2) is 39.0 Å². The zero-order valence-electron chi connectivity index (χ0n) is 29.0.